The van der Waals surface area contributed by atoms with Crippen molar-refractivity contribution in [3.8, 4) is 11.6 Å². The first-order valence-electron chi connectivity index (χ1n) is 9.21. The minimum absolute atomic E-state index is 0.113. The Kier molecular flexibility index (Phi) is 6.11. The molecule has 1 fully saturated rings. The van der Waals surface area contributed by atoms with Crippen LogP contribution >= 0.6 is 0 Å². The summed E-state index contributed by atoms with van der Waals surface area (Å²) in [6.07, 6.45) is 2.37. The number of anilines is 2. The highest BCUT2D eigenvalue weighted by molar-refractivity contribution is 5.91. The van der Waals surface area contributed by atoms with Crippen molar-refractivity contribution in [3.63, 3.8) is 0 Å². The van der Waals surface area contributed by atoms with Gasteiger partial charge in [-0.25, -0.2) is 4.98 Å². The molecular weight excluding hydrogens is 344 g/mol. The van der Waals surface area contributed by atoms with Gasteiger partial charge in [-0.15, -0.1) is 0 Å². The number of amides is 1. The molecule has 1 aliphatic rings. The Morgan fingerprint density at radius 2 is 2.07 bits per heavy atom. The molecular formula is C20H26N4O3. The number of ether oxygens (including phenoxy) is 2. The Morgan fingerprint density at radius 3 is 2.78 bits per heavy atom. The molecule has 1 atom stereocenters. The van der Waals surface area contributed by atoms with Crippen molar-refractivity contribution in [3.05, 3.63) is 36.0 Å². The lowest BCUT2D eigenvalue weighted by molar-refractivity contribution is -0.118. The Bertz CT molecular complexity index is 779. The number of benzene rings is 1. The van der Waals surface area contributed by atoms with E-state index in [1.54, 1.807) is 37.4 Å². The van der Waals surface area contributed by atoms with Gasteiger partial charge in [0.05, 0.1) is 7.11 Å². The summed E-state index contributed by atoms with van der Waals surface area (Å²) in [5.74, 6) is 2.21. The van der Waals surface area contributed by atoms with Crippen LogP contribution in [0.25, 0.3) is 0 Å². The van der Waals surface area contributed by atoms with E-state index in [1.165, 1.54) is 6.42 Å². The molecule has 1 saturated heterocycles. The number of piperidine rings is 1. The fourth-order valence-electron chi connectivity index (χ4n) is 3.12. The highest BCUT2D eigenvalue weighted by atomic mass is 16.5. The molecule has 1 aliphatic heterocycles. The number of rotatable bonds is 6. The van der Waals surface area contributed by atoms with Gasteiger partial charge >= 0.3 is 0 Å². The van der Waals surface area contributed by atoms with Crippen LogP contribution in [-0.2, 0) is 4.79 Å². The van der Waals surface area contributed by atoms with Crippen LogP contribution in [0, 0.1) is 12.8 Å². The molecule has 0 spiro atoms. The second-order valence-electron chi connectivity index (χ2n) is 6.91. The molecule has 1 N–H and O–H groups in total. The maximum Gasteiger partial charge on any atom is 0.262 e. The van der Waals surface area contributed by atoms with Gasteiger partial charge < -0.3 is 19.7 Å². The zero-order valence-corrected chi connectivity index (χ0v) is 16.1. The molecule has 1 unspecified atom stereocenters. The van der Waals surface area contributed by atoms with Crippen LogP contribution in [0.15, 0.2) is 30.3 Å². The van der Waals surface area contributed by atoms with E-state index in [1.807, 2.05) is 6.92 Å². The maximum absolute atomic E-state index is 12.1. The van der Waals surface area contributed by atoms with Crippen molar-refractivity contribution in [2.45, 2.75) is 26.7 Å². The molecule has 27 heavy (non-hydrogen) atoms. The molecule has 1 amide bonds. The third-order valence-electron chi connectivity index (χ3n) is 4.48. The zero-order valence-electron chi connectivity index (χ0n) is 16.1. The van der Waals surface area contributed by atoms with Crippen LogP contribution in [0.2, 0.25) is 0 Å². The van der Waals surface area contributed by atoms with Gasteiger partial charge in [-0.05, 0) is 49.9 Å². The number of nitrogens with zero attached hydrogens (tertiary/aromatic N) is 3. The summed E-state index contributed by atoms with van der Waals surface area (Å²) in [4.78, 5) is 23.3. The molecule has 1 aromatic heterocycles. The third kappa shape index (κ3) is 5.32. The molecule has 2 aromatic rings. The summed E-state index contributed by atoms with van der Waals surface area (Å²) in [6.45, 7) is 5.93. The summed E-state index contributed by atoms with van der Waals surface area (Å²) in [5, 5.41) is 2.79. The van der Waals surface area contributed by atoms with Gasteiger partial charge in [-0.3, -0.25) is 4.79 Å². The standard InChI is InChI=1S/C20H26N4O3/c1-14-5-4-10-24(12-14)20-21-15(2)11-19(23-20)27-13-18(25)22-16-6-8-17(26-3)9-7-16/h6-9,11,14H,4-5,10,12-13H2,1-3H3,(H,22,25). The van der Waals surface area contributed by atoms with Crippen molar-refractivity contribution in [1.29, 1.82) is 0 Å². The van der Waals surface area contributed by atoms with E-state index in [4.69, 9.17) is 9.47 Å². The van der Waals surface area contributed by atoms with Gasteiger partial charge in [-0.2, -0.15) is 4.98 Å². The largest absolute Gasteiger partial charge is 0.497 e. The zero-order chi connectivity index (χ0) is 19.2. The summed E-state index contributed by atoms with van der Waals surface area (Å²) < 4.78 is 10.7. The third-order valence-corrected chi connectivity index (χ3v) is 4.48. The SMILES string of the molecule is COc1ccc(NC(=O)COc2cc(C)nc(N3CCCC(C)C3)n2)cc1. The highest BCUT2D eigenvalue weighted by Crippen LogP contribution is 2.22. The number of nitrogens with one attached hydrogen (secondary N) is 1. The van der Waals surface area contributed by atoms with Gasteiger partial charge in [-0.1, -0.05) is 6.92 Å². The molecule has 0 saturated carbocycles. The average Bonchev–Trinajstić information content (AvgIpc) is 2.66. The Morgan fingerprint density at radius 1 is 1.30 bits per heavy atom. The quantitative estimate of drug-likeness (QED) is 0.842. The van der Waals surface area contributed by atoms with Gasteiger partial charge in [0.15, 0.2) is 6.61 Å². The highest BCUT2D eigenvalue weighted by Gasteiger charge is 2.19. The van der Waals surface area contributed by atoms with E-state index in [-0.39, 0.29) is 12.5 Å². The fraction of sp³-hybridized carbons (Fsp3) is 0.450. The molecule has 7 nitrogen and oxygen atoms in total. The minimum Gasteiger partial charge on any atom is -0.497 e. The average molecular weight is 370 g/mol. The topological polar surface area (TPSA) is 76.6 Å². The Balaban J connectivity index is 1.59. The van der Waals surface area contributed by atoms with Crippen LogP contribution < -0.4 is 19.7 Å². The number of methoxy groups -OCH3 is 1. The lowest BCUT2D eigenvalue weighted by atomic mass is 10.0. The predicted octanol–water partition coefficient (Wildman–Crippen LogP) is 3.05. The maximum atomic E-state index is 12.1. The first-order chi connectivity index (χ1) is 13.0. The summed E-state index contributed by atoms with van der Waals surface area (Å²) in [7, 11) is 1.60. The van der Waals surface area contributed by atoms with E-state index >= 15 is 0 Å². The molecule has 0 bridgehead atoms. The molecule has 7 heteroatoms. The molecule has 144 valence electrons. The second-order valence-corrected chi connectivity index (χ2v) is 6.91. The summed E-state index contributed by atoms with van der Waals surface area (Å²) >= 11 is 0. The van der Waals surface area contributed by atoms with Crippen LogP contribution in [0.5, 0.6) is 11.6 Å². The number of hydrogen-bond acceptors (Lipinski definition) is 6. The number of hydrogen-bond donors (Lipinski definition) is 1. The van der Waals surface area contributed by atoms with Crippen LogP contribution in [0.4, 0.5) is 11.6 Å². The Hall–Kier alpha value is -2.83. The number of carbonyl (C=O) groups excluding carboxylic acids is 1. The van der Waals surface area contributed by atoms with Crippen molar-refractivity contribution in [2.75, 3.05) is 37.0 Å². The predicted molar refractivity (Wildman–Crippen MR) is 104 cm³/mol. The lowest BCUT2D eigenvalue weighted by Gasteiger charge is -2.31. The normalized spacial score (nSPS) is 16.7. The molecule has 2 heterocycles. The molecule has 0 aliphatic carbocycles. The van der Waals surface area contributed by atoms with Gasteiger partial charge in [0.2, 0.25) is 11.8 Å². The monoisotopic (exact) mass is 370 g/mol. The Labute approximate surface area is 159 Å². The first kappa shape index (κ1) is 18.9. The second kappa shape index (κ2) is 8.70. The number of aromatic nitrogens is 2. The van der Waals surface area contributed by atoms with Crippen molar-refractivity contribution in [1.82, 2.24) is 9.97 Å². The van der Waals surface area contributed by atoms with Gasteiger partial charge in [0.25, 0.3) is 5.91 Å². The molecule has 3 rings (SSSR count). The smallest absolute Gasteiger partial charge is 0.262 e. The van der Waals surface area contributed by atoms with E-state index in [0.29, 0.717) is 23.4 Å². The van der Waals surface area contributed by atoms with Crippen molar-refractivity contribution < 1.29 is 14.3 Å². The molecule has 0 radical (unpaired) electrons. The summed E-state index contributed by atoms with van der Waals surface area (Å²) in [6, 6.07) is 8.88. The van der Waals surface area contributed by atoms with Crippen LogP contribution in [-0.4, -0.2) is 42.7 Å². The van der Waals surface area contributed by atoms with E-state index in [2.05, 4.69) is 27.1 Å². The van der Waals surface area contributed by atoms with Gasteiger partial charge in [0, 0.05) is 30.5 Å². The number of carbonyl (C=O) groups is 1. The summed E-state index contributed by atoms with van der Waals surface area (Å²) in [5.41, 5.74) is 1.51. The first-order valence-corrected chi connectivity index (χ1v) is 9.21. The number of aryl methyl sites for hydroxylation is 1. The minimum atomic E-state index is -0.246. The van der Waals surface area contributed by atoms with E-state index < -0.39 is 0 Å². The van der Waals surface area contributed by atoms with Crippen molar-refractivity contribution >= 4 is 17.5 Å². The van der Waals surface area contributed by atoms with Crippen molar-refractivity contribution in [2.24, 2.45) is 5.92 Å². The van der Waals surface area contributed by atoms with Gasteiger partial charge in [0.1, 0.15) is 5.75 Å². The fourth-order valence-corrected chi connectivity index (χ4v) is 3.12. The van der Waals surface area contributed by atoms with Crippen LogP contribution in [0.3, 0.4) is 0 Å². The van der Waals surface area contributed by atoms with E-state index in [0.717, 1.165) is 31.0 Å². The lowest BCUT2D eigenvalue weighted by Crippen LogP contribution is -2.35. The van der Waals surface area contributed by atoms with Crippen LogP contribution in [0.1, 0.15) is 25.5 Å². The molecule has 1 aromatic carbocycles. The van der Waals surface area contributed by atoms with E-state index in [9.17, 15) is 4.79 Å².